The predicted octanol–water partition coefficient (Wildman–Crippen LogP) is 2.92. The van der Waals surface area contributed by atoms with Crippen molar-refractivity contribution in [1.82, 2.24) is 5.32 Å². The van der Waals surface area contributed by atoms with E-state index in [0.717, 1.165) is 16.7 Å². The van der Waals surface area contributed by atoms with Gasteiger partial charge < -0.3 is 11.1 Å². The highest BCUT2D eigenvalue weighted by Gasteiger charge is 2.20. The second-order valence-electron chi connectivity index (χ2n) is 6.19. The minimum absolute atomic E-state index is 0.263. The minimum atomic E-state index is -0.655. The molecule has 0 fully saturated rings. The maximum Gasteiger partial charge on any atom is 0.240 e. The van der Waals surface area contributed by atoms with Crippen LogP contribution in [0, 0.1) is 12.3 Å². The first-order chi connectivity index (χ1) is 11.5. The van der Waals surface area contributed by atoms with E-state index in [-0.39, 0.29) is 11.8 Å². The molecule has 0 spiro atoms. The zero-order valence-electron chi connectivity index (χ0n) is 14.0. The lowest BCUT2D eigenvalue weighted by Crippen LogP contribution is -2.45. The van der Waals surface area contributed by atoms with Crippen molar-refractivity contribution >= 4 is 11.8 Å². The van der Waals surface area contributed by atoms with Crippen molar-refractivity contribution < 1.29 is 9.59 Å². The van der Waals surface area contributed by atoms with Crippen LogP contribution in [0.15, 0.2) is 54.6 Å². The Bertz CT molecular complexity index is 696. The molecule has 1 unspecified atom stereocenters. The average molecular weight is 323 g/mol. The van der Waals surface area contributed by atoms with E-state index in [9.17, 15) is 9.59 Å². The molecule has 1 radical (unpaired) electrons. The minimum Gasteiger partial charge on any atom is -0.368 e. The van der Waals surface area contributed by atoms with Crippen LogP contribution in [-0.4, -0.2) is 17.9 Å². The van der Waals surface area contributed by atoms with Crippen molar-refractivity contribution in [1.29, 1.82) is 0 Å². The molecule has 0 aliphatic heterocycles. The molecule has 2 aromatic rings. The van der Waals surface area contributed by atoms with E-state index in [1.54, 1.807) is 0 Å². The van der Waals surface area contributed by atoms with Gasteiger partial charge in [0.15, 0.2) is 0 Å². The summed E-state index contributed by atoms with van der Waals surface area (Å²) in [5, 5.41) is 2.71. The molecule has 2 amide bonds. The molecule has 0 aliphatic rings. The largest absolute Gasteiger partial charge is 0.368 e. The Morgan fingerprint density at radius 1 is 1.04 bits per heavy atom. The Balaban J connectivity index is 2.13. The summed E-state index contributed by atoms with van der Waals surface area (Å²) in [5.74, 6) is -0.566. The Morgan fingerprint density at radius 3 is 2.29 bits per heavy atom. The Morgan fingerprint density at radius 2 is 1.67 bits per heavy atom. The lowest BCUT2D eigenvalue weighted by molar-refractivity contribution is -0.125. The highest BCUT2D eigenvalue weighted by Crippen LogP contribution is 2.24. The third-order valence-corrected chi connectivity index (χ3v) is 3.70. The first-order valence-electron chi connectivity index (χ1n) is 8.06. The highest BCUT2D eigenvalue weighted by atomic mass is 16.2. The topological polar surface area (TPSA) is 72.2 Å². The summed E-state index contributed by atoms with van der Waals surface area (Å²) >= 11 is 0. The van der Waals surface area contributed by atoms with Crippen molar-refractivity contribution in [3.63, 3.8) is 0 Å². The molecular weight excluding hydrogens is 300 g/mol. The average Bonchev–Trinajstić information content (AvgIpc) is 2.55. The molecule has 125 valence electrons. The van der Waals surface area contributed by atoms with Gasteiger partial charge in [-0.15, -0.1) is 0 Å². The summed E-state index contributed by atoms with van der Waals surface area (Å²) in [4.78, 5) is 23.8. The summed E-state index contributed by atoms with van der Waals surface area (Å²) in [6.07, 6.45) is 2.04. The van der Waals surface area contributed by atoms with Crippen LogP contribution in [0.25, 0.3) is 11.1 Å². The van der Waals surface area contributed by atoms with Gasteiger partial charge in [-0.25, -0.2) is 0 Å². The number of nitrogens with one attached hydrogen (secondary N) is 1. The van der Waals surface area contributed by atoms with Crippen LogP contribution in [0.1, 0.15) is 25.8 Å². The zero-order valence-corrected chi connectivity index (χ0v) is 14.0. The molecule has 4 nitrogen and oxygen atoms in total. The van der Waals surface area contributed by atoms with Crippen molar-refractivity contribution in [2.75, 3.05) is 0 Å². The number of amides is 2. The van der Waals surface area contributed by atoms with Crippen LogP contribution in [0.3, 0.4) is 0 Å². The molecule has 2 rings (SSSR count). The van der Waals surface area contributed by atoms with E-state index in [1.165, 1.54) is 6.42 Å². The van der Waals surface area contributed by atoms with Crippen LogP contribution in [0.5, 0.6) is 0 Å². The summed E-state index contributed by atoms with van der Waals surface area (Å²) in [6.45, 7) is 3.97. The number of benzene rings is 2. The van der Waals surface area contributed by atoms with Crippen molar-refractivity contribution in [3.05, 3.63) is 66.6 Å². The van der Waals surface area contributed by atoms with Gasteiger partial charge in [0.2, 0.25) is 11.8 Å². The molecular formula is C20H23N2O2. The van der Waals surface area contributed by atoms with E-state index in [0.29, 0.717) is 6.42 Å². The quantitative estimate of drug-likeness (QED) is 0.822. The maximum atomic E-state index is 12.3. The number of carbonyl (C=O) groups is 2. The van der Waals surface area contributed by atoms with Gasteiger partial charge >= 0.3 is 0 Å². The predicted molar refractivity (Wildman–Crippen MR) is 95.9 cm³/mol. The highest BCUT2D eigenvalue weighted by molar-refractivity contribution is 5.94. The van der Waals surface area contributed by atoms with E-state index in [1.807, 2.05) is 68.4 Å². The number of primary amides is 1. The van der Waals surface area contributed by atoms with Crippen LogP contribution in [0.2, 0.25) is 0 Å². The normalized spacial score (nSPS) is 12.0. The summed E-state index contributed by atoms with van der Waals surface area (Å²) in [7, 11) is 0. The van der Waals surface area contributed by atoms with Gasteiger partial charge in [0, 0.05) is 0 Å². The number of nitrogens with two attached hydrogens (primary N) is 1. The van der Waals surface area contributed by atoms with Crippen LogP contribution in [0.4, 0.5) is 0 Å². The van der Waals surface area contributed by atoms with E-state index >= 15 is 0 Å². The van der Waals surface area contributed by atoms with Gasteiger partial charge in [0.25, 0.3) is 0 Å². The fraction of sp³-hybridized carbons (Fsp3) is 0.250. The Labute approximate surface area is 143 Å². The van der Waals surface area contributed by atoms with Gasteiger partial charge in [-0.3, -0.25) is 9.59 Å². The monoisotopic (exact) mass is 323 g/mol. The van der Waals surface area contributed by atoms with Gasteiger partial charge in [-0.1, -0.05) is 68.4 Å². The number of hydrogen-bond acceptors (Lipinski definition) is 2. The third-order valence-electron chi connectivity index (χ3n) is 3.70. The lowest BCUT2D eigenvalue weighted by Gasteiger charge is -2.18. The van der Waals surface area contributed by atoms with Crippen molar-refractivity contribution in [2.24, 2.45) is 11.7 Å². The van der Waals surface area contributed by atoms with Crippen molar-refractivity contribution in [3.8, 4) is 11.1 Å². The molecule has 0 heterocycles. The summed E-state index contributed by atoms with van der Waals surface area (Å²) in [5.41, 5.74) is 8.18. The second-order valence-corrected chi connectivity index (χ2v) is 6.19. The molecule has 2 aromatic carbocycles. The number of rotatable bonds is 7. The van der Waals surface area contributed by atoms with E-state index < -0.39 is 11.9 Å². The van der Waals surface area contributed by atoms with Crippen molar-refractivity contribution in [2.45, 2.75) is 26.3 Å². The SMILES string of the molecule is CC(C)CC(NC(=O)[CH]c1ccccc1-c1ccccc1)C(N)=O. The fourth-order valence-electron chi connectivity index (χ4n) is 2.58. The summed E-state index contributed by atoms with van der Waals surface area (Å²) < 4.78 is 0. The first-order valence-corrected chi connectivity index (χ1v) is 8.06. The number of carbonyl (C=O) groups excluding carboxylic acids is 2. The smallest absolute Gasteiger partial charge is 0.240 e. The van der Waals surface area contributed by atoms with Gasteiger partial charge in [-0.2, -0.15) is 0 Å². The third kappa shape index (κ3) is 4.95. The molecule has 0 saturated carbocycles. The lowest BCUT2D eigenvalue weighted by atomic mass is 9.97. The van der Waals surface area contributed by atoms with Crippen LogP contribution >= 0.6 is 0 Å². The van der Waals surface area contributed by atoms with Crippen LogP contribution < -0.4 is 11.1 Å². The Hall–Kier alpha value is -2.62. The molecule has 0 bridgehead atoms. The number of hydrogen-bond donors (Lipinski definition) is 2. The van der Waals surface area contributed by atoms with Crippen LogP contribution in [-0.2, 0) is 9.59 Å². The molecule has 0 aromatic heterocycles. The van der Waals surface area contributed by atoms with E-state index in [2.05, 4.69) is 5.32 Å². The fourth-order valence-corrected chi connectivity index (χ4v) is 2.58. The van der Waals surface area contributed by atoms with Gasteiger partial charge in [0.05, 0.1) is 6.42 Å². The molecule has 1 atom stereocenters. The van der Waals surface area contributed by atoms with Gasteiger partial charge in [-0.05, 0) is 29.0 Å². The van der Waals surface area contributed by atoms with Gasteiger partial charge in [0.1, 0.15) is 6.04 Å². The standard InChI is InChI=1S/C20H23N2O2/c1-14(2)12-18(20(21)24)22-19(23)13-16-10-6-7-11-17(16)15-8-4-3-5-9-15/h3-11,13-14,18H,12H2,1-2H3,(H2,21,24)(H,22,23). The molecule has 4 heteroatoms. The molecule has 0 saturated heterocycles. The molecule has 0 aliphatic carbocycles. The van der Waals surface area contributed by atoms with E-state index in [4.69, 9.17) is 5.73 Å². The second kappa shape index (κ2) is 8.29. The maximum absolute atomic E-state index is 12.3. The molecule has 3 N–H and O–H groups in total. The first kappa shape index (κ1) is 17.7. The molecule has 24 heavy (non-hydrogen) atoms. The summed E-state index contributed by atoms with van der Waals surface area (Å²) in [6, 6.07) is 16.9. The zero-order chi connectivity index (χ0) is 17.5. The Kier molecular flexibility index (Phi) is 6.13.